The fraction of sp³-hybridized carbons (Fsp3) is 0.115. The molecule has 2 heterocycles. The fourth-order valence-electron chi connectivity index (χ4n) is 9.44. The van der Waals surface area contributed by atoms with Crippen LogP contribution in [0.4, 0.5) is 0 Å². The first-order valence-electron chi connectivity index (χ1n) is 19.0. The van der Waals surface area contributed by atoms with E-state index < -0.39 is 0 Å². The second-order valence-corrected chi connectivity index (χ2v) is 15.8. The Morgan fingerprint density at radius 2 is 1.11 bits per heavy atom. The maximum Gasteiger partial charge on any atom is 0.140 e. The van der Waals surface area contributed by atoms with E-state index in [2.05, 4.69) is 179 Å². The van der Waals surface area contributed by atoms with Crippen LogP contribution in [0.25, 0.3) is 99.0 Å². The lowest BCUT2D eigenvalue weighted by Gasteiger charge is -2.21. The molecule has 2 nitrogen and oxygen atoms in total. The van der Waals surface area contributed by atoms with Gasteiger partial charge in [-0.3, -0.25) is 0 Å². The zero-order valence-electron chi connectivity index (χ0n) is 30.8. The van der Waals surface area contributed by atoms with Crippen LogP contribution in [0.15, 0.2) is 160 Å². The van der Waals surface area contributed by atoms with Gasteiger partial charge in [-0.05, 0) is 102 Å². The van der Waals surface area contributed by atoms with E-state index in [1.165, 1.54) is 82.4 Å². The summed E-state index contributed by atoms with van der Waals surface area (Å²) in [5.74, 6) is 1.37. The van der Waals surface area contributed by atoms with Gasteiger partial charge in [-0.2, -0.15) is 0 Å². The van der Waals surface area contributed by atoms with E-state index in [9.17, 15) is 0 Å². The molecule has 0 amide bonds. The van der Waals surface area contributed by atoms with Crippen LogP contribution in [0, 0.1) is 0 Å². The van der Waals surface area contributed by atoms with Crippen molar-refractivity contribution < 1.29 is 8.83 Å². The molecule has 2 heteroatoms. The van der Waals surface area contributed by atoms with E-state index in [-0.39, 0.29) is 5.41 Å². The van der Waals surface area contributed by atoms with Crippen LogP contribution in [-0.4, -0.2) is 0 Å². The molecule has 1 aliphatic rings. The Balaban J connectivity index is 1.15. The maximum atomic E-state index is 6.93. The summed E-state index contributed by atoms with van der Waals surface area (Å²) >= 11 is 0. The number of furan rings is 2. The Morgan fingerprint density at radius 1 is 0.463 bits per heavy atom. The SMILES string of the molecule is CC(C)c1cc2ccc(-c3cccc(-c4c5ccccc5c(-c5cccc6oc7c8c(ccc7c56)-c5ccccc5C8(C)C)c5ccccc45)c3)cc2o1. The first-order chi connectivity index (χ1) is 26.4. The lowest BCUT2D eigenvalue weighted by atomic mass is 9.81. The van der Waals surface area contributed by atoms with E-state index in [4.69, 9.17) is 8.83 Å². The summed E-state index contributed by atoms with van der Waals surface area (Å²) in [4.78, 5) is 0. The monoisotopic (exact) mass is 694 g/mol. The molecule has 54 heavy (non-hydrogen) atoms. The lowest BCUT2D eigenvalue weighted by Crippen LogP contribution is -2.15. The quantitative estimate of drug-likeness (QED) is 0.171. The van der Waals surface area contributed by atoms with Gasteiger partial charge >= 0.3 is 0 Å². The van der Waals surface area contributed by atoms with Crippen molar-refractivity contribution in [2.24, 2.45) is 0 Å². The number of hydrogen-bond donors (Lipinski definition) is 0. The third-order valence-electron chi connectivity index (χ3n) is 12.0. The Bertz CT molecular complexity index is 3110. The minimum Gasteiger partial charge on any atom is -0.461 e. The smallest absolute Gasteiger partial charge is 0.140 e. The molecule has 8 aromatic carbocycles. The van der Waals surface area contributed by atoms with Gasteiger partial charge in [0.05, 0.1) is 0 Å². The van der Waals surface area contributed by atoms with Crippen LogP contribution in [0.5, 0.6) is 0 Å². The van der Waals surface area contributed by atoms with Gasteiger partial charge in [-0.1, -0.05) is 149 Å². The molecule has 2 aromatic heterocycles. The minimum atomic E-state index is -0.171. The Morgan fingerprint density at radius 3 is 1.87 bits per heavy atom. The van der Waals surface area contributed by atoms with Gasteiger partial charge in [0.15, 0.2) is 0 Å². The lowest BCUT2D eigenvalue weighted by molar-refractivity contribution is 0.522. The highest BCUT2D eigenvalue weighted by atomic mass is 16.3. The van der Waals surface area contributed by atoms with Crippen molar-refractivity contribution in [3.63, 3.8) is 0 Å². The zero-order chi connectivity index (χ0) is 36.3. The molecule has 258 valence electrons. The van der Waals surface area contributed by atoms with Gasteiger partial charge in [-0.25, -0.2) is 0 Å². The third kappa shape index (κ3) is 4.34. The van der Waals surface area contributed by atoms with Crippen LogP contribution < -0.4 is 0 Å². The average Bonchev–Trinajstić information content (AvgIpc) is 3.87. The topological polar surface area (TPSA) is 26.3 Å². The summed E-state index contributed by atoms with van der Waals surface area (Å²) in [7, 11) is 0. The van der Waals surface area contributed by atoms with Crippen LogP contribution in [0.1, 0.15) is 50.5 Å². The van der Waals surface area contributed by atoms with Crippen LogP contribution in [0.3, 0.4) is 0 Å². The highest BCUT2D eigenvalue weighted by molar-refractivity contribution is 6.26. The van der Waals surface area contributed by atoms with Crippen molar-refractivity contribution in [1.82, 2.24) is 0 Å². The molecular weight excluding hydrogens is 657 g/mol. The van der Waals surface area contributed by atoms with Crippen molar-refractivity contribution in [2.45, 2.75) is 39.0 Å². The van der Waals surface area contributed by atoms with Crippen LogP contribution >= 0.6 is 0 Å². The molecule has 0 unspecified atom stereocenters. The van der Waals surface area contributed by atoms with Crippen molar-refractivity contribution in [1.29, 1.82) is 0 Å². The van der Waals surface area contributed by atoms with Crippen molar-refractivity contribution in [3.8, 4) is 44.5 Å². The standard InChI is InChI=1S/C52H38O2/c1-30(2)45-29-33-24-23-32(28-46(33)53-45)31-13-11-14-34(27-31)47-36-16-5-7-18-38(36)48(39-19-8-6-17-37(39)47)41-20-12-22-44-49(41)42-26-25-40-35-15-9-10-21-43(35)52(3,4)50(40)51(42)54-44/h5-30H,1-4H3. The molecule has 0 bridgehead atoms. The summed E-state index contributed by atoms with van der Waals surface area (Å²) in [6.07, 6.45) is 0. The van der Waals surface area contributed by atoms with Gasteiger partial charge in [-0.15, -0.1) is 0 Å². The van der Waals surface area contributed by atoms with Crippen LogP contribution in [-0.2, 0) is 5.41 Å². The molecule has 0 spiro atoms. The fourth-order valence-corrected chi connectivity index (χ4v) is 9.44. The van der Waals surface area contributed by atoms with Gasteiger partial charge in [0, 0.05) is 33.1 Å². The number of hydrogen-bond acceptors (Lipinski definition) is 2. The molecule has 11 rings (SSSR count). The van der Waals surface area contributed by atoms with Gasteiger partial charge in [0.2, 0.25) is 0 Å². The van der Waals surface area contributed by atoms with Crippen LogP contribution in [0.2, 0.25) is 0 Å². The molecule has 0 N–H and O–H groups in total. The van der Waals surface area contributed by atoms with Crippen molar-refractivity contribution >= 4 is 54.5 Å². The molecule has 0 aliphatic heterocycles. The highest BCUT2D eigenvalue weighted by Gasteiger charge is 2.38. The first kappa shape index (κ1) is 31.2. The Hall–Kier alpha value is -6.38. The third-order valence-corrected chi connectivity index (χ3v) is 12.0. The molecule has 0 fully saturated rings. The molecular formula is C52H38O2. The number of rotatable bonds is 4. The predicted octanol–water partition coefficient (Wildman–Crippen LogP) is 15.1. The number of benzene rings is 8. The zero-order valence-corrected chi connectivity index (χ0v) is 30.8. The number of fused-ring (bicyclic) bond motifs is 10. The van der Waals surface area contributed by atoms with Gasteiger partial charge in [0.1, 0.15) is 22.5 Å². The van der Waals surface area contributed by atoms with Crippen molar-refractivity contribution in [2.75, 3.05) is 0 Å². The highest BCUT2D eigenvalue weighted by Crippen LogP contribution is 2.54. The molecule has 0 saturated heterocycles. The van der Waals surface area contributed by atoms with Gasteiger partial charge in [0.25, 0.3) is 0 Å². The molecule has 0 radical (unpaired) electrons. The van der Waals surface area contributed by atoms with E-state index in [0.29, 0.717) is 5.92 Å². The first-order valence-corrected chi connectivity index (χ1v) is 19.0. The minimum absolute atomic E-state index is 0.171. The van der Waals surface area contributed by atoms with Gasteiger partial charge < -0.3 is 8.83 Å². The molecule has 0 atom stereocenters. The van der Waals surface area contributed by atoms with E-state index in [1.807, 2.05) is 0 Å². The second-order valence-electron chi connectivity index (χ2n) is 15.8. The normalized spacial score (nSPS) is 13.5. The average molecular weight is 695 g/mol. The van der Waals surface area contributed by atoms with E-state index >= 15 is 0 Å². The summed E-state index contributed by atoms with van der Waals surface area (Å²) in [5, 5.41) is 8.39. The Labute approximate surface area is 314 Å². The predicted molar refractivity (Wildman–Crippen MR) is 226 cm³/mol. The second kappa shape index (κ2) is 11.3. The Kier molecular flexibility index (Phi) is 6.53. The summed E-state index contributed by atoms with van der Waals surface area (Å²) < 4.78 is 13.2. The van der Waals surface area contributed by atoms with E-state index in [0.717, 1.165) is 33.5 Å². The molecule has 1 aliphatic carbocycles. The molecule has 10 aromatic rings. The summed E-state index contributed by atoms with van der Waals surface area (Å²) in [5.41, 5.74) is 15.1. The van der Waals surface area contributed by atoms with E-state index in [1.54, 1.807) is 0 Å². The molecule has 0 saturated carbocycles. The largest absolute Gasteiger partial charge is 0.461 e. The maximum absolute atomic E-state index is 6.93. The summed E-state index contributed by atoms with van der Waals surface area (Å²) in [6.45, 7) is 9.01. The summed E-state index contributed by atoms with van der Waals surface area (Å²) in [6, 6.07) is 55.6. The van der Waals surface area contributed by atoms with Crippen molar-refractivity contribution in [3.05, 3.63) is 169 Å².